The second-order valence-corrected chi connectivity index (χ2v) is 7.58. The van der Waals surface area contributed by atoms with Gasteiger partial charge in [0.15, 0.2) is 0 Å². The summed E-state index contributed by atoms with van der Waals surface area (Å²) >= 11 is 5.90. The van der Waals surface area contributed by atoms with Crippen LogP contribution in [0.3, 0.4) is 0 Å². The fourth-order valence-corrected chi connectivity index (χ4v) is 3.72. The van der Waals surface area contributed by atoms with Crippen LogP contribution >= 0.6 is 11.6 Å². The molecule has 2 aromatic carbocycles. The van der Waals surface area contributed by atoms with Crippen molar-refractivity contribution in [1.29, 1.82) is 0 Å². The van der Waals surface area contributed by atoms with Crippen LogP contribution in [0.1, 0.15) is 37.3 Å². The third-order valence-corrected chi connectivity index (χ3v) is 5.49. The number of amides is 2. The molecule has 2 atom stereocenters. The van der Waals surface area contributed by atoms with Crippen molar-refractivity contribution in [1.82, 2.24) is 4.90 Å². The van der Waals surface area contributed by atoms with Gasteiger partial charge in [-0.05, 0) is 48.2 Å². The lowest BCUT2D eigenvalue weighted by molar-refractivity contribution is -0.133. The molecule has 0 radical (unpaired) electrons. The van der Waals surface area contributed by atoms with Gasteiger partial charge in [0.05, 0.1) is 5.92 Å². The largest absolute Gasteiger partial charge is 0.342 e. The molecule has 0 bridgehead atoms. The van der Waals surface area contributed by atoms with Crippen LogP contribution < -0.4 is 5.32 Å². The SMILES string of the molecule is CCc1ccc(C2CC(C(=O)Nc3ccc(Cl)cc3)CN(C(C)=O)C2)cc1. The van der Waals surface area contributed by atoms with Gasteiger partial charge >= 0.3 is 0 Å². The summed E-state index contributed by atoms with van der Waals surface area (Å²) in [4.78, 5) is 26.6. The third kappa shape index (κ3) is 4.89. The Morgan fingerprint density at radius 3 is 2.33 bits per heavy atom. The van der Waals surface area contributed by atoms with E-state index in [0.29, 0.717) is 23.8 Å². The molecule has 0 aliphatic carbocycles. The Labute approximate surface area is 165 Å². The van der Waals surface area contributed by atoms with E-state index in [9.17, 15) is 9.59 Å². The third-order valence-electron chi connectivity index (χ3n) is 5.24. The molecule has 27 heavy (non-hydrogen) atoms. The van der Waals surface area contributed by atoms with Crippen molar-refractivity contribution in [3.8, 4) is 0 Å². The minimum atomic E-state index is -0.242. The molecule has 3 rings (SSSR count). The molecule has 0 aromatic heterocycles. The van der Waals surface area contributed by atoms with E-state index in [1.54, 1.807) is 36.1 Å². The number of likely N-dealkylation sites (tertiary alicyclic amines) is 1. The number of piperidine rings is 1. The number of anilines is 1. The van der Waals surface area contributed by atoms with Gasteiger partial charge in [-0.25, -0.2) is 0 Å². The highest BCUT2D eigenvalue weighted by Crippen LogP contribution is 2.31. The average molecular weight is 385 g/mol. The van der Waals surface area contributed by atoms with Crippen LogP contribution in [0.5, 0.6) is 0 Å². The Kier molecular flexibility index (Phi) is 6.17. The van der Waals surface area contributed by atoms with Gasteiger partial charge < -0.3 is 10.2 Å². The predicted octanol–water partition coefficient (Wildman–Crippen LogP) is 4.49. The monoisotopic (exact) mass is 384 g/mol. The van der Waals surface area contributed by atoms with E-state index >= 15 is 0 Å². The summed E-state index contributed by atoms with van der Waals surface area (Å²) in [7, 11) is 0. The van der Waals surface area contributed by atoms with Gasteiger partial charge in [0.25, 0.3) is 0 Å². The van der Waals surface area contributed by atoms with E-state index in [1.165, 1.54) is 11.1 Å². The first-order valence-corrected chi connectivity index (χ1v) is 9.74. The Morgan fingerprint density at radius 1 is 1.07 bits per heavy atom. The summed E-state index contributed by atoms with van der Waals surface area (Å²) in [6, 6.07) is 15.6. The summed E-state index contributed by atoms with van der Waals surface area (Å²) < 4.78 is 0. The molecule has 142 valence electrons. The standard InChI is InChI=1S/C22H25ClN2O2/c1-3-16-4-6-17(7-5-16)18-12-19(14-25(13-18)15(2)26)22(27)24-21-10-8-20(23)9-11-21/h4-11,18-19H,3,12-14H2,1-2H3,(H,24,27). The molecular weight excluding hydrogens is 360 g/mol. The number of carbonyl (C=O) groups excluding carboxylic acids is 2. The number of nitrogens with one attached hydrogen (secondary N) is 1. The molecule has 1 saturated heterocycles. The molecule has 0 saturated carbocycles. The molecule has 4 nitrogen and oxygen atoms in total. The van der Waals surface area contributed by atoms with Crippen molar-refractivity contribution >= 4 is 29.1 Å². The lowest BCUT2D eigenvalue weighted by Gasteiger charge is -2.37. The molecular formula is C22H25ClN2O2. The molecule has 2 amide bonds. The molecule has 1 aliphatic rings. The molecule has 5 heteroatoms. The molecule has 1 fully saturated rings. The molecule has 0 spiro atoms. The van der Waals surface area contributed by atoms with Gasteiger partial charge in [0.2, 0.25) is 11.8 Å². The lowest BCUT2D eigenvalue weighted by Crippen LogP contribution is -2.45. The minimum Gasteiger partial charge on any atom is -0.342 e. The first kappa shape index (κ1) is 19.4. The second-order valence-electron chi connectivity index (χ2n) is 7.14. The summed E-state index contributed by atoms with van der Waals surface area (Å²) in [6.07, 6.45) is 1.73. The number of halogens is 1. The van der Waals surface area contributed by atoms with Crippen molar-refractivity contribution in [3.05, 3.63) is 64.7 Å². The fraction of sp³-hybridized carbons (Fsp3) is 0.364. The highest BCUT2D eigenvalue weighted by atomic mass is 35.5. The predicted molar refractivity (Wildman–Crippen MR) is 109 cm³/mol. The van der Waals surface area contributed by atoms with E-state index in [1.807, 2.05) is 0 Å². The number of nitrogens with zero attached hydrogens (tertiary/aromatic N) is 1. The van der Waals surface area contributed by atoms with Crippen LogP contribution in [0.15, 0.2) is 48.5 Å². The number of aryl methyl sites for hydroxylation is 1. The molecule has 1 aliphatic heterocycles. The van der Waals surface area contributed by atoms with Crippen LogP contribution in [0.25, 0.3) is 0 Å². The van der Waals surface area contributed by atoms with Crippen molar-refractivity contribution in [2.75, 3.05) is 18.4 Å². The summed E-state index contributed by atoms with van der Waals surface area (Å²) in [5.74, 6) is -0.128. The zero-order chi connectivity index (χ0) is 19.4. The topological polar surface area (TPSA) is 49.4 Å². The van der Waals surface area contributed by atoms with E-state index in [-0.39, 0.29) is 23.7 Å². The second kappa shape index (κ2) is 8.57. The average Bonchev–Trinajstić information content (AvgIpc) is 2.69. The maximum Gasteiger partial charge on any atom is 0.229 e. The first-order chi connectivity index (χ1) is 13.0. The van der Waals surface area contributed by atoms with Gasteiger partial charge in [-0.3, -0.25) is 9.59 Å². The van der Waals surface area contributed by atoms with Gasteiger partial charge in [-0.15, -0.1) is 0 Å². The lowest BCUT2D eigenvalue weighted by atomic mass is 9.83. The van der Waals surface area contributed by atoms with Crippen LogP contribution in [0.2, 0.25) is 5.02 Å². The summed E-state index contributed by atoms with van der Waals surface area (Å²) in [5, 5.41) is 3.58. The summed E-state index contributed by atoms with van der Waals surface area (Å²) in [6.45, 7) is 4.81. The Bertz CT molecular complexity index is 802. The maximum atomic E-state index is 12.8. The van der Waals surface area contributed by atoms with E-state index in [0.717, 1.165) is 12.8 Å². The zero-order valence-corrected chi connectivity index (χ0v) is 16.5. The molecule has 2 aromatic rings. The number of carbonyl (C=O) groups is 2. The van der Waals surface area contributed by atoms with E-state index < -0.39 is 0 Å². The van der Waals surface area contributed by atoms with Crippen molar-refractivity contribution in [2.45, 2.75) is 32.6 Å². The van der Waals surface area contributed by atoms with Crippen LogP contribution in [0.4, 0.5) is 5.69 Å². The molecule has 1 N–H and O–H groups in total. The number of rotatable bonds is 4. The smallest absolute Gasteiger partial charge is 0.229 e. The van der Waals surface area contributed by atoms with Gasteiger partial charge in [-0.1, -0.05) is 42.8 Å². The Balaban J connectivity index is 1.75. The first-order valence-electron chi connectivity index (χ1n) is 9.37. The highest BCUT2D eigenvalue weighted by Gasteiger charge is 2.33. The van der Waals surface area contributed by atoms with Crippen molar-refractivity contribution < 1.29 is 9.59 Å². The minimum absolute atomic E-state index is 0.00849. The normalized spacial score (nSPS) is 19.6. The molecule has 2 unspecified atom stereocenters. The highest BCUT2D eigenvalue weighted by molar-refractivity contribution is 6.30. The van der Waals surface area contributed by atoms with Crippen molar-refractivity contribution in [3.63, 3.8) is 0 Å². The van der Waals surface area contributed by atoms with Gasteiger partial charge in [0.1, 0.15) is 0 Å². The maximum absolute atomic E-state index is 12.8. The van der Waals surface area contributed by atoms with Crippen molar-refractivity contribution in [2.24, 2.45) is 5.92 Å². The van der Waals surface area contributed by atoms with Crippen LogP contribution in [-0.2, 0) is 16.0 Å². The Morgan fingerprint density at radius 2 is 1.74 bits per heavy atom. The van der Waals surface area contributed by atoms with Gasteiger partial charge in [0, 0.05) is 36.6 Å². The zero-order valence-electron chi connectivity index (χ0n) is 15.7. The number of hydrogen-bond donors (Lipinski definition) is 1. The molecule has 1 heterocycles. The fourth-order valence-electron chi connectivity index (χ4n) is 3.59. The quantitative estimate of drug-likeness (QED) is 0.844. The van der Waals surface area contributed by atoms with Crippen LogP contribution in [0, 0.1) is 5.92 Å². The van der Waals surface area contributed by atoms with E-state index in [4.69, 9.17) is 11.6 Å². The number of benzene rings is 2. The van der Waals surface area contributed by atoms with E-state index in [2.05, 4.69) is 36.5 Å². The van der Waals surface area contributed by atoms with Gasteiger partial charge in [-0.2, -0.15) is 0 Å². The summed E-state index contributed by atoms with van der Waals surface area (Å²) in [5.41, 5.74) is 3.19. The number of hydrogen-bond acceptors (Lipinski definition) is 2. The Hall–Kier alpha value is -2.33. The van der Waals surface area contributed by atoms with Crippen LogP contribution in [-0.4, -0.2) is 29.8 Å².